The van der Waals surface area contributed by atoms with Gasteiger partial charge in [0.2, 0.25) is 0 Å². The highest BCUT2D eigenvalue weighted by atomic mass is 16.3. The molecule has 1 heterocycles. The topological polar surface area (TPSA) is 33.4 Å². The number of furan rings is 1. The Kier molecular flexibility index (Phi) is 3.58. The van der Waals surface area contributed by atoms with Crippen LogP contribution in [0.1, 0.15) is 12.7 Å². The molecule has 24 heavy (non-hydrogen) atoms. The Bertz CT molecular complexity index is 977. The molecule has 2 nitrogen and oxygen atoms in total. The molecule has 0 bridgehead atoms. The third-order valence-corrected chi connectivity index (χ3v) is 4.36. The highest BCUT2D eigenvalue weighted by Gasteiger charge is 2.14. The molecule has 0 aliphatic rings. The second-order valence-corrected chi connectivity index (χ2v) is 5.87. The summed E-state index contributed by atoms with van der Waals surface area (Å²) in [5.74, 6) is 1.31. The van der Waals surface area contributed by atoms with E-state index in [9.17, 15) is 5.11 Å². The van der Waals surface area contributed by atoms with E-state index in [4.69, 9.17) is 4.42 Å². The summed E-state index contributed by atoms with van der Waals surface area (Å²) >= 11 is 0. The van der Waals surface area contributed by atoms with Gasteiger partial charge in [0.05, 0.1) is 0 Å². The van der Waals surface area contributed by atoms with Gasteiger partial charge >= 0.3 is 0 Å². The van der Waals surface area contributed by atoms with Gasteiger partial charge in [-0.05, 0) is 34.9 Å². The van der Waals surface area contributed by atoms with E-state index in [1.165, 1.54) is 11.1 Å². The van der Waals surface area contributed by atoms with Crippen molar-refractivity contribution < 1.29 is 9.52 Å². The van der Waals surface area contributed by atoms with Gasteiger partial charge in [0, 0.05) is 17.4 Å². The Balaban J connectivity index is 1.79. The number of para-hydroxylation sites is 1. The van der Waals surface area contributed by atoms with Gasteiger partial charge in [0.15, 0.2) is 0 Å². The number of aromatic hydroxyl groups is 1. The highest BCUT2D eigenvalue weighted by molar-refractivity contribution is 5.96. The maximum atomic E-state index is 9.42. The van der Waals surface area contributed by atoms with E-state index in [-0.39, 0.29) is 5.75 Å². The van der Waals surface area contributed by atoms with Crippen LogP contribution in [0.5, 0.6) is 5.75 Å². The molecule has 3 aromatic carbocycles. The molecule has 0 unspecified atom stereocenters. The van der Waals surface area contributed by atoms with E-state index in [0.717, 1.165) is 34.3 Å². The Labute approximate surface area is 141 Å². The van der Waals surface area contributed by atoms with E-state index in [1.54, 1.807) is 12.1 Å². The molecule has 0 amide bonds. The first kappa shape index (κ1) is 14.6. The number of fused-ring (bicyclic) bond motifs is 1. The molecular formula is C22H18O2. The minimum absolute atomic E-state index is 0.285. The molecule has 0 saturated carbocycles. The lowest BCUT2D eigenvalue weighted by Gasteiger charge is -2.06. The Hall–Kier alpha value is -3.00. The van der Waals surface area contributed by atoms with Crippen LogP contribution in [-0.4, -0.2) is 5.11 Å². The fraction of sp³-hybridized carbons (Fsp3) is 0.0909. The summed E-state index contributed by atoms with van der Waals surface area (Å²) in [5.41, 5.74) is 5.51. The van der Waals surface area contributed by atoms with Gasteiger partial charge in [-0.3, -0.25) is 0 Å². The van der Waals surface area contributed by atoms with Crippen LogP contribution < -0.4 is 0 Å². The van der Waals surface area contributed by atoms with Crippen molar-refractivity contribution in [2.24, 2.45) is 0 Å². The van der Waals surface area contributed by atoms with Crippen LogP contribution in [0.4, 0.5) is 0 Å². The van der Waals surface area contributed by atoms with E-state index < -0.39 is 0 Å². The maximum Gasteiger partial charge on any atom is 0.134 e. The molecule has 1 N–H and O–H groups in total. The normalized spacial score (nSPS) is 11.0. The van der Waals surface area contributed by atoms with Crippen molar-refractivity contribution in [2.45, 2.75) is 13.3 Å². The largest absolute Gasteiger partial charge is 0.508 e. The van der Waals surface area contributed by atoms with Gasteiger partial charge in [-0.25, -0.2) is 0 Å². The number of hydrogen-bond donors (Lipinski definition) is 1. The molecule has 118 valence electrons. The van der Waals surface area contributed by atoms with Gasteiger partial charge in [0.1, 0.15) is 17.1 Å². The standard InChI is InChI=1S/C22H18O2/c1-2-20-22(19-5-3-4-6-21(19)24-20)17-9-7-15(8-10-17)16-11-13-18(23)14-12-16/h3-14,23H,2H2,1H3. The highest BCUT2D eigenvalue weighted by Crippen LogP contribution is 2.36. The lowest BCUT2D eigenvalue weighted by atomic mass is 9.98. The number of phenols is 1. The molecule has 4 rings (SSSR count). The number of phenolic OH excluding ortho intramolecular Hbond substituents is 1. The second-order valence-electron chi connectivity index (χ2n) is 5.87. The quantitative estimate of drug-likeness (QED) is 0.500. The van der Waals surface area contributed by atoms with Gasteiger partial charge in [0.25, 0.3) is 0 Å². The van der Waals surface area contributed by atoms with Crippen molar-refractivity contribution in [3.8, 4) is 28.0 Å². The average molecular weight is 314 g/mol. The van der Waals surface area contributed by atoms with Crippen LogP contribution in [0, 0.1) is 0 Å². The lowest BCUT2D eigenvalue weighted by molar-refractivity contribution is 0.475. The lowest BCUT2D eigenvalue weighted by Crippen LogP contribution is -1.84. The third-order valence-electron chi connectivity index (χ3n) is 4.36. The molecule has 4 aromatic rings. The summed E-state index contributed by atoms with van der Waals surface area (Å²) in [6.45, 7) is 2.12. The number of aryl methyl sites for hydroxylation is 1. The van der Waals surface area contributed by atoms with Crippen molar-refractivity contribution in [2.75, 3.05) is 0 Å². The summed E-state index contributed by atoms with van der Waals surface area (Å²) in [4.78, 5) is 0. The molecule has 0 spiro atoms. The summed E-state index contributed by atoms with van der Waals surface area (Å²) in [7, 11) is 0. The summed E-state index contributed by atoms with van der Waals surface area (Å²) in [5, 5.41) is 10.6. The number of benzene rings is 3. The van der Waals surface area contributed by atoms with Crippen molar-refractivity contribution in [3.05, 3.63) is 78.6 Å². The first-order chi connectivity index (χ1) is 11.8. The molecule has 0 fully saturated rings. The SMILES string of the molecule is CCc1oc2ccccc2c1-c1ccc(-c2ccc(O)cc2)cc1. The van der Waals surface area contributed by atoms with Crippen molar-refractivity contribution in [3.63, 3.8) is 0 Å². The Morgan fingerprint density at radius 1 is 0.750 bits per heavy atom. The third kappa shape index (κ3) is 2.46. The summed E-state index contributed by atoms with van der Waals surface area (Å²) in [6.07, 6.45) is 0.865. The van der Waals surface area contributed by atoms with E-state index in [2.05, 4.69) is 37.3 Å². The molecule has 0 aliphatic carbocycles. The first-order valence-corrected chi connectivity index (χ1v) is 8.16. The predicted molar refractivity (Wildman–Crippen MR) is 98.1 cm³/mol. The monoisotopic (exact) mass is 314 g/mol. The average Bonchev–Trinajstić information content (AvgIpc) is 3.01. The van der Waals surface area contributed by atoms with Crippen molar-refractivity contribution in [1.29, 1.82) is 0 Å². The molecule has 0 saturated heterocycles. The Morgan fingerprint density at radius 3 is 2.00 bits per heavy atom. The smallest absolute Gasteiger partial charge is 0.134 e. The van der Waals surface area contributed by atoms with Crippen LogP contribution >= 0.6 is 0 Å². The fourth-order valence-corrected chi connectivity index (χ4v) is 3.14. The number of rotatable bonds is 3. The van der Waals surface area contributed by atoms with Gasteiger partial charge in [-0.15, -0.1) is 0 Å². The van der Waals surface area contributed by atoms with E-state index in [1.807, 2.05) is 30.3 Å². The van der Waals surface area contributed by atoms with Crippen LogP contribution in [0.15, 0.2) is 77.2 Å². The predicted octanol–water partition coefficient (Wildman–Crippen LogP) is 6.03. The maximum absolute atomic E-state index is 9.42. The zero-order valence-electron chi connectivity index (χ0n) is 13.5. The van der Waals surface area contributed by atoms with E-state index >= 15 is 0 Å². The van der Waals surface area contributed by atoms with Crippen molar-refractivity contribution >= 4 is 11.0 Å². The first-order valence-electron chi connectivity index (χ1n) is 8.16. The minimum Gasteiger partial charge on any atom is -0.508 e. The molecule has 2 heteroatoms. The van der Waals surface area contributed by atoms with Gasteiger partial charge in [-0.2, -0.15) is 0 Å². The molecule has 0 atom stereocenters. The van der Waals surface area contributed by atoms with Crippen LogP contribution in [0.2, 0.25) is 0 Å². The summed E-state index contributed by atoms with van der Waals surface area (Å²) < 4.78 is 6.00. The molecule has 1 aromatic heterocycles. The van der Waals surface area contributed by atoms with Gasteiger partial charge < -0.3 is 9.52 Å². The molecular weight excluding hydrogens is 296 g/mol. The van der Waals surface area contributed by atoms with Crippen LogP contribution in [0.25, 0.3) is 33.2 Å². The fourth-order valence-electron chi connectivity index (χ4n) is 3.14. The molecule has 0 aliphatic heterocycles. The van der Waals surface area contributed by atoms with E-state index in [0.29, 0.717) is 0 Å². The second kappa shape index (κ2) is 5.89. The van der Waals surface area contributed by atoms with Crippen molar-refractivity contribution in [1.82, 2.24) is 0 Å². The minimum atomic E-state index is 0.285. The van der Waals surface area contributed by atoms with Crippen LogP contribution in [-0.2, 0) is 6.42 Å². The zero-order chi connectivity index (χ0) is 16.5. The number of hydrogen-bond acceptors (Lipinski definition) is 2. The zero-order valence-corrected chi connectivity index (χ0v) is 13.5. The summed E-state index contributed by atoms with van der Waals surface area (Å²) in [6, 6.07) is 24.0. The van der Waals surface area contributed by atoms with Gasteiger partial charge in [-0.1, -0.05) is 61.5 Å². The van der Waals surface area contributed by atoms with Crippen LogP contribution in [0.3, 0.4) is 0 Å². The Morgan fingerprint density at radius 2 is 1.33 bits per heavy atom. The molecule has 0 radical (unpaired) electrons.